The fourth-order valence-corrected chi connectivity index (χ4v) is 2.66. The molecule has 3 aromatic rings. The summed E-state index contributed by atoms with van der Waals surface area (Å²) in [5, 5.41) is 11.7. The van der Waals surface area contributed by atoms with E-state index in [1.54, 1.807) is 12.4 Å². The van der Waals surface area contributed by atoms with Gasteiger partial charge >= 0.3 is 0 Å². The number of nitrogens with zero attached hydrogens (tertiary/aromatic N) is 2. The van der Waals surface area contributed by atoms with Gasteiger partial charge < -0.3 is 15.2 Å². The minimum atomic E-state index is -0.931. The number of aliphatic hydroxyl groups is 1. The fourth-order valence-electron chi connectivity index (χ4n) is 2.66. The largest absolute Gasteiger partial charge is 0.391 e. The van der Waals surface area contributed by atoms with E-state index in [2.05, 4.69) is 15.3 Å². The minimum absolute atomic E-state index is 0.0935. The molecule has 1 unspecified atom stereocenters. The molecule has 2 fully saturated rings. The van der Waals surface area contributed by atoms with Crippen LogP contribution in [0.4, 0.5) is 18.9 Å². The van der Waals surface area contributed by atoms with Gasteiger partial charge in [0, 0.05) is 26.0 Å². The SMILES string of the molecule is C1CC1.CNc1cccnc1.O=Cc1ccc(F)c(-c2c(F)cccc2F)n1.OC1CCCOC1. The standard InChI is InChI=1S/C12H6F3NO.C6H8N2.C5H10O2.C3H6/c13-8-2-1-3-9(14)11(8)12-10(15)5-4-7(6-17)16-12;1-7-6-3-2-4-8-5-6;6-5-2-1-3-7-4-5;1-2-3-1/h1-6H;2-5,7H,1H3;5-6H,1-4H2;1-3H2. The number of hydrogen-bond acceptors (Lipinski definition) is 6. The van der Waals surface area contributed by atoms with Gasteiger partial charge in [-0.3, -0.25) is 9.78 Å². The lowest BCUT2D eigenvalue weighted by molar-refractivity contribution is -0.00535. The van der Waals surface area contributed by atoms with Crippen LogP contribution in [0.1, 0.15) is 42.6 Å². The second kappa shape index (κ2) is 15.6. The van der Waals surface area contributed by atoms with Crippen LogP contribution in [0.3, 0.4) is 0 Å². The van der Waals surface area contributed by atoms with Crippen molar-refractivity contribution in [3.63, 3.8) is 0 Å². The van der Waals surface area contributed by atoms with Gasteiger partial charge in [0.2, 0.25) is 0 Å². The van der Waals surface area contributed by atoms with Crippen molar-refractivity contribution in [2.75, 3.05) is 25.6 Å². The number of benzene rings is 1. The van der Waals surface area contributed by atoms with Crippen molar-refractivity contribution in [2.24, 2.45) is 0 Å². The van der Waals surface area contributed by atoms with Gasteiger partial charge in [-0.15, -0.1) is 0 Å². The van der Waals surface area contributed by atoms with Crippen LogP contribution < -0.4 is 5.32 Å². The molecule has 1 saturated carbocycles. The van der Waals surface area contributed by atoms with Crippen molar-refractivity contribution < 1.29 is 27.8 Å². The summed E-state index contributed by atoms with van der Waals surface area (Å²) in [7, 11) is 1.87. The highest BCUT2D eigenvalue weighted by Crippen LogP contribution is 2.26. The van der Waals surface area contributed by atoms with Crippen LogP contribution >= 0.6 is 0 Å². The van der Waals surface area contributed by atoms with E-state index in [-0.39, 0.29) is 11.8 Å². The first kappa shape index (κ1) is 27.9. The van der Waals surface area contributed by atoms with E-state index in [9.17, 15) is 18.0 Å². The molecule has 0 radical (unpaired) electrons. The Morgan fingerprint density at radius 1 is 1.00 bits per heavy atom. The van der Waals surface area contributed by atoms with Crippen molar-refractivity contribution in [1.82, 2.24) is 9.97 Å². The van der Waals surface area contributed by atoms with Crippen molar-refractivity contribution in [3.8, 4) is 11.3 Å². The molecule has 6 nitrogen and oxygen atoms in total. The number of aliphatic hydroxyl groups excluding tert-OH is 1. The normalized spacial score (nSPS) is 15.6. The molecule has 1 aromatic carbocycles. The Morgan fingerprint density at radius 3 is 2.14 bits per heavy atom. The topological polar surface area (TPSA) is 84.3 Å². The number of rotatable bonds is 3. The number of aldehydes is 1. The van der Waals surface area contributed by atoms with Crippen molar-refractivity contribution in [1.29, 1.82) is 0 Å². The number of aromatic nitrogens is 2. The first-order chi connectivity index (χ1) is 17.0. The first-order valence-corrected chi connectivity index (χ1v) is 11.4. The third-order valence-electron chi connectivity index (χ3n) is 4.63. The van der Waals surface area contributed by atoms with Gasteiger partial charge in [0.05, 0.1) is 24.0 Å². The Bertz CT molecular complexity index is 1010. The van der Waals surface area contributed by atoms with Crippen molar-refractivity contribution in [3.05, 3.63) is 78.0 Å². The summed E-state index contributed by atoms with van der Waals surface area (Å²) in [4.78, 5) is 18.0. The number of nitrogens with one attached hydrogen (secondary N) is 1. The fraction of sp³-hybridized carbons (Fsp3) is 0.346. The lowest BCUT2D eigenvalue weighted by Crippen LogP contribution is -2.21. The Kier molecular flexibility index (Phi) is 12.4. The van der Waals surface area contributed by atoms with E-state index in [1.165, 1.54) is 19.3 Å². The second-order valence-corrected chi connectivity index (χ2v) is 7.70. The molecular weight excluding hydrogens is 459 g/mol. The van der Waals surface area contributed by atoms with Gasteiger partial charge in [-0.1, -0.05) is 25.3 Å². The molecule has 1 aliphatic carbocycles. The van der Waals surface area contributed by atoms with E-state index < -0.39 is 28.7 Å². The summed E-state index contributed by atoms with van der Waals surface area (Å²) in [6, 6.07) is 9.08. The molecule has 1 saturated heterocycles. The number of halogens is 3. The molecule has 5 rings (SSSR count). The summed E-state index contributed by atoms with van der Waals surface area (Å²) in [5.41, 5.74) is -0.129. The molecule has 2 N–H and O–H groups in total. The molecule has 35 heavy (non-hydrogen) atoms. The Morgan fingerprint density at radius 2 is 1.71 bits per heavy atom. The highest BCUT2D eigenvalue weighted by molar-refractivity contribution is 5.74. The molecule has 188 valence electrons. The maximum absolute atomic E-state index is 13.4. The average Bonchev–Trinajstić information content (AvgIpc) is 3.77. The van der Waals surface area contributed by atoms with Crippen LogP contribution in [0.25, 0.3) is 11.3 Å². The van der Waals surface area contributed by atoms with Crippen LogP contribution in [0.15, 0.2) is 54.9 Å². The molecule has 1 atom stereocenters. The van der Waals surface area contributed by atoms with Gasteiger partial charge in [-0.2, -0.15) is 0 Å². The number of ether oxygens (including phenoxy) is 1. The monoisotopic (exact) mass is 489 g/mol. The van der Waals surface area contributed by atoms with Crippen LogP contribution in [0.2, 0.25) is 0 Å². The zero-order valence-corrected chi connectivity index (χ0v) is 19.6. The Balaban J connectivity index is 0.000000197. The number of pyridine rings is 2. The van der Waals surface area contributed by atoms with E-state index in [1.807, 2.05) is 19.2 Å². The quantitative estimate of drug-likeness (QED) is 0.478. The summed E-state index contributed by atoms with van der Waals surface area (Å²) in [6.07, 6.45) is 10.2. The Hall–Kier alpha value is -3.30. The summed E-state index contributed by atoms with van der Waals surface area (Å²) in [6.45, 7) is 1.37. The molecule has 2 aromatic heterocycles. The van der Waals surface area contributed by atoms with Crippen LogP contribution in [0.5, 0.6) is 0 Å². The molecule has 1 aliphatic heterocycles. The highest BCUT2D eigenvalue weighted by Gasteiger charge is 2.17. The van der Waals surface area contributed by atoms with Crippen LogP contribution in [0, 0.1) is 17.5 Å². The number of anilines is 1. The molecule has 0 bridgehead atoms. The van der Waals surface area contributed by atoms with E-state index >= 15 is 0 Å². The van der Waals surface area contributed by atoms with Gasteiger partial charge in [-0.25, -0.2) is 18.2 Å². The number of hydrogen-bond donors (Lipinski definition) is 2. The van der Waals surface area contributed by atoms with Crippen molar-refractivity contribution >= 4 is 12.0 Å². The molecule has 0 amide bonds. The van der Waals surface area contributed by atoms with Gasteiger partial charge in [-0.05, 0) is 49.2 Å². The third kappa shape index (κ3) is 10.7. The smallest absolute Gasteiger partial charge is 0.168 e. The first-order valence-electron chi connectivity index (χ1n) is 11.4. The third-order valence-corrected chi connectivity index (χ3v) is 4.63. The highest BCUT2D eigenvalue weighted by atomic mass is 19.1. The summed E-state index contributed by atoms with van der Waals surface area (Å²) < 4.78 is 45.2. The lowest BCUT2D eigenvalue weighted by Gasteiger charge is -2.15. The summed E-state index contributed by atoms with van der Waals surface area (Å²) in [5.74, 6) is -2.75. The molecule has 3 heterocycles. The Labute approximate surface area is 203 Å². The van der Waals surface area contributed by atoms with Gasteiger partial charge in [0.15, 0.2) is 6.29 Å². The van der Waals surface area contributed by atoms with Crippen LogP contribution in [-0.2, 0) is 4.74 Å². The second-order valence-electron chi connectivity index (χ2n) is 7.70. The van der Waals surface area contributed by atoms with Crippen molar-refractivity contribution in [2.45, 2.75) is 38.2 Å². The minimum Gasteiger partial charge on any atom is -0.391 e. The maximum atomic E-state index is 13.4. The average molecular weight is 490 g/mol. The molecule has 0 spiro atoms. The lowest BCUT2D eigenvalue weighted by atomic mass is 10.1. The predicted octanol–water partition coefficient (Wildman–Crippen LogP) is 5.43. The predicted molar refractivity (Wildman–Crippen MR) is 129 cm³/mol. The molecule has 9 heteroatoms. The summed E-state index contributed by atoms with van der Waals surface area (Å²) >= 11 is 0. The number of carbonyl (C=O) groups is 1. The van der Waals surface area contributed by atoms with Gasteiger partial charge in [0.1, 0.15) is 28.8 Å². The number of carbonyl (C=O) groups excluding carboxylic acids is 1. The van der Waals surface area contributed by atoms with E-state index in [0.29, 0.717) is 12.9 Å². The zero-order valence-electron chi connectivity index (χ0n) is 19.6. The van der Waals surface area contributed by atoms with E-state index in [4.69, 9.17) is 9.84 Å². The van der Waals surface area contributed by atoms with Crippen LogP contribution in [-0.4, -0.2) is 47.7 Å². The van der Waals surface area contributed by atoms with E-state index in [0.717, 1.165) is 55.5 Å². The molecule has 2 aliphatic rings. The zero-order chi connectivity index (χ0) is 25.5. The van der Waals surface area contributed by atoms with Gasteiger partial charge in [0.25, 0.3) is 0 Å². The molecular formula is C26H30F3N3O3. The maximum Gasteiger partial charge on any atom is 0.168 e.